The van der Waals surface area contributed by atoms with Gasteiger partial charge in [-0.05, 0) is 37.0 Å². The number of hydrogen-bond donors (Lipinski definition) is 2. The molecule has 1 saturated heterocycles. The minimum Gasteiger partial charge on any atom is -0.497 e. The molecule has 6 heteroatoms. The lowest BCUT2D eigenvalue weighted by molar-refractivity contribution is 0.415. The van der Waals surface area contributed by atoms with Crippen LogP contribution in [0.4, 0.5) is 5.69 Å². The summed E-state index contributed by atoms with van der Waals surface area (Å²) in [6.07, 6.45) is 1.18. The van der Waals surface area contributed by atoms with E-state index in [1.54, 1.807) is 7.11 Å². The predicted octanol–water partition coefficient (Wildman–Crippen LogP) is 3.81. The molecule has 0 spiro atoms. The number of hydrogen-bond acceptors (Lipinski definition) is 3. The highest BCUT2D eigenvalue weighted by Gasteiger charge is 2.23. The molecular formula is C22H31IN4O. The van der Waals surface area contributed by atoms with Crippen molar-refractivity contribution < 1.29 is 4.74 Å². The minimum atomic E-state index is 0. The summed E-state index contributed by atoms with van der Waals surface area (Å²) in [4.78, 5) is 6.77. The summed E-state index contributed by atoms with van der Waals surface area (Å²) in [7, 11) is 3.53. The Kier molecular flexibility index (Phi) is 8.89. The van der Waals surface area contributed by atoms with E-state index in [0.717, 1.165) is 37.9 Å². The van der Waals surface area contributed by atoms with Crippen LogP contribution in [-0.2, 0) is 6.54 Å². The van der Waals surface area contributed by atoms with Crippen molar-refractivity contribution in [3.8, 4) is 5.75 Å². The summed E-state index contributed by atoms with van der Waals surface area (Å²) < 4.78 is 5.34. The Morgan fingerprint density at radius 2 is 1.96 bits per heavy atom. The standard InChI is InChI=1S/C22H30N4O.HI/c1-17-7-9-18(10-8-17)14-24-22(23-2)25-15-19-11-12-26(16-19)20-5-4-6-21(13-20)27-3;/h4-10,13,19H,11-12,14-16H2,1-3H3,(H2,23,24,25);1H. The molecular weight excluding hydrogens is 463 g/mol. The molecule has 0 aromatic heterocycles. The van der Waals surface area contributed by atoms with E-state index in [0.29, 0.717) is 5.92 Å². The SMILES string of the molecule is CN=C(NCc1ccc(C)cc1)NCC1CCN(c2cccc(OC)c2)C1.I. The van der Waals surface area contributed by atoms with E-state index in [-0.39, 0.29) is 24.0 Å². The molecule has 1 heterocycles. The first-order chi connectivity index (χ1) is 13.2. The first-order valence-electron chi connectivity index (χ1n) is 9.57. The molecule has 28 heavy (non-hydrogen) atoms. The minimum absolute atomic E-state index is 0. The number of benzene rings is 2. The summed E-state index contributed by atoms with van der Waals surface area (Å²) in [5, 5.41) is 6.87. The fourth-order valence-electron chi connectivity index (χ4n) is 3.39. The molecule has 0 saturated carbocycles. The van der Waals surface area contributed by atoms with Crippen molar-refractivity contribution >= 4 is 35.6 Å². The molecule has 1 fully saturated rings. The number of nitrogens with one attached hydrogen (secondary N) is 2. The van der Waals surface area contributed by atoms with Crippen molar-refractivity contribution in [2.75, 3.05) is 38.7 Å². The molecule has 3 rings (SSSR count). The summed E-state index contributed by atoms with van der Waals surface area (Å²) in [6, 6.07) is 16.9. The molecule has 0 amide bonds. The van der Waals surface area contributed by atoms with Gasteiger partial charge in [-0.1, -0.05) is 35.9 Å². The average molecular weight is 494 g/mol. The van der Waals surface area contributed by atoms with Gasteiger partial charge in [-0.2, -0.15) is 0 Å². The molecule has 0 radical (unpaired) electrons. The zero-order chi connectivity index (χ0) is 19.1. The van der Waals surface area contributed by atoms with Crippen molar-refractivity contribution in [3.05, 3.63) is 59.7 Å². The van der Waals surface area contributed by atoms with Gasteiger partial charge >= 0.3 is 0 Å². The number of aryl methyl sites for hydroxylation is 1. The largest absolute Gasteiger partial charge is 0.497 e. The summed E-state index contributed by atoms with van der Waals surface area (Å²) in [5.74, 6) is 2.37. The molecule has 1 atom stereocenters. The van der Waals surface area contributed by atoms with E-state index in [9.17, 15) is 0 Å². The topological polar surface area (TPSA) is 48.9 Å². The van der Waals surface area contributed by atoms with Crippen molar-refractivity contribution in [3.63, 3.8) is 0 Å². The van der Waals surface area contributed by atoms with Crippen LogP contribution in [-0.4, -0.2) is 39.8 Å². The van der Waals surface area contributed by atoms with Crippen LogP contribution in [0.1, 0.15) is 17.5 Å². The normalized spacial score (nSPS) is 16.5. The molecule has 0 aliphatic carbocycles. The van der Waals surface area contributed by atoms with E-state index >= 15 is 0 Å². The zero-order valence-corrected chi connectivity index (χ0v) is 19.3. The fourth-order valence-corrected chi connectivity index (χ4v) is 3.39. The second-order valence-corrected chi connectivity index (χ2v) is 7.09. The Hall–Kier alpha value is -1.96. The summed E-state index contributed by atoms with van der Waals surface area (Å²) >= 11 is 0. The molecule has 2 N–H and O–H groups in total. The average Bonchev–Trinajstić information content (AvgIpc) is 3.18. The Morgan fingerprint density at radius 3 is 2.68 bits per heavy atom. The van der Waals surface area contributed by atoms with Crippen molar-refractivity contribution in [2.45, 2.75) is 19.9 Å². The first-order valence-corrected chi connectivity index (χ1v) is 9.57. The highest BCUT2D eigenvalue weighted by atomic mass is 127. The highest BCUT2D eigenvalue weighted by Crippen LogP contribution is 2.26. The monoisotopic (exact) mass is 494 g/mol. The van der Waals surface area contributed by atoms with Crippen LogP contribution in [0.15, 0.2) is 53.5 Å². The van der Waals surface area contributed by atoms with Crippen molar-refractivity contribution in [1.29, 1.82) is 0 Å². The van der Waals surface area contributed by atoms with Gasteiger partial charge in [-0.15, -0.1) is 24.0 Å². The molecule has 1 unspecified atom stereocenters. The summed E-state index contributed by atoms with van der Waals surface area (Å²) in [5.41, 5.74) is 3.77. The van der Waals surface area contributed by atoms with Gasteiger partial charge in [-0.25, -0.2) is 0 Å². The van der Waals surface area contributed by atoms with Crippen LogP contribution in [0.25, 0.3) is 0 Å². The number of methoxy groups -OCH3 is 1. The van der Waals surface area contributed by atoms with Crippen LogP contribution in [0, 0.1) is 12.8 Å². The Morgan fingerprint density at radius 1 is 1.18 bits per heavy atom. The smallest absolute Gasteiger partial charge is 0.191 e. The second-order valence-electron chi connectivity index (χ2n) is 7.09. The Bertz CT molecular complexity index is 763. The third-order valence-corrected chi connectivity index (χ3v) is 5.07. The number of halogens is 1. The number of guanidine groups is 1. The summed E-state index contributed by atoms with van der Waals surface area (Å²) in [6.45, 7) is 5.94. The zero-order valence-electron chi connectivity index (χ0n) is 16.9. The lowest BCUT2D eigenvalue weighted by atomic mass is 10.1. The van der Waals surface area contributed by atoms with Crippen molar-refractivity contribution in [1.82, 2.24) is 10.6 Å². The maximum atomic E-state index is 5.34. The van der Waals surface area contributed by atoms with Gasteiger partial charge in [0.25, 0.3) is 0 Å². The fraction of sp³-hybridized carbons (Fsp3) is 0.409. The van der Waals surface area contributed by atoms with Gasteiger partial charge in [0.15, 0.2) is 5.96 Å². The molecule has 1 aliphatic rings. The lowest BCUT2D eigenvalue weighted by Crippen LogP contribution is -2.39. The van der Waals surface area contributed by atoms with Crippen molar-refractivity contribution in [2.24, 2.45) is 10.9 Å². The highest BCUT2D eigenvalue weighted by molar-refractivity contribution is 14.0. The second kappa shape index (κ2) is 11.1. The molecule has 1 aliphatic heterocycles. The van der Waals surface area contributed by atoms with E-state index in [4.69, 9.17) is 4.74 Å². The van der Waals surface area contributed by atoms with Crippen LogP contribution in [0.2, 0.25) is 0 Å². The molecule has 152 valence electrons. The van der Waals surface area contributed by atoms with Crippen LogP contribution < -0.4 is 20.3 Å². The van der Waals surface area contributed by atoms with Gasteiger partial charge < -0.3 is 20.3 Å². The van der Waals surface area contributed by atoms with E-state index in [2.05, 4.69) is 69.9 Å². The maximum Gasteiger partial charge on any atom is 0.191 e. The molecule has 2 aromatic rings. The van der Waals surface area contributed by atoms with Crippen LogP contribution >= 0.6 is 24.0 Å². The molecule has 0 bridgehead atoms. The quantitative estimate of drug-likeness (QED) is 0.365. The van der Waals surface area contributed by atoms with E-state index in [1.165, 1.54) is 23.2 Å². The maximum absolute atomic E-state index is 5.34. The number of rotatable bonds is 6. The lowest BCUT2D eigenvalue weighted by Gasteiger charge is -2.20. The van der Waals surface area contributed by atoms with Gasteiger partial charge in [0.1, 0.15) is 5.75 Å². The van der Waals surface area contributed by atoms with Gasteiger partial charge in [0.05, 0.1) is 7.11 Å². The Labute approximate surface area is 185 Å². The predicted molar refractivity (Wildman–Crippen MR) is 128 cm³/mol. The van der Waals surface area contributed by atoms with Gasteiger partial charge in [0.2, 0.25) is 0 Å². The molecule has 5 nitrogen and oxygen atoms in total. The number of nitrogens with zero attached hydrogens (tertiary/aromatic N) is 2. The third kappa shape index (κ3) is 6.29. The third-order valence-electron chi connectivity index (χ3n) is 5.07. The van der Waals surface area contributed by atoms with Gasteiger partial charge in [0, 0.05) is 45.0 Å². The van der Waals surface area contributed by atoms with Crippen LogP contribution in [0.5, 0.6) is 5.75 Å². The number of anilines is 1. The first kappa shape index (κ1) is 22.3. The van der Waals surface area contributed by atoms with E-state index < -0.39 is 0 Å². The Balaban J connectivity index is 0.00000280. The van der Waals surface area contributed by atoms with Gasteiger partial charge in [-0.3, -0.25) is 4.99 Å². The number of aliphatic imine (C=N–C) groups is 1. The van der Waals surface area contributed by atoms with Crippen LogP contribution in [0.3, 0.4) is 0 Å². The number of ether oxygens (including phenoxy) is 1. The molecule has 2 aromatic carbocycles. The van der Waals surface area contributed by atoms with E-state index in [1.807, 2.05) is 13.1 Å².